The second kappa shape index (κ2) is 18.2. The largest absolute Gasteiger partial charge is 0.508 e. The molecular formula is C58H57NO9. The molecule has 4 N–H and O–H groups in total. The highest BCUT2D eigenvalue weighted by Crippen LogP contribution is 2.60. The molecule has 0 heterocycles. The Morgan fingerprint density at radius 3 is 2.25 bits per heavy atom. The van der Waals surface area contributed by atoms with Gasteiger partial charge in [0.25, 0.3) is 0 Å². The van der Waals surface area contributed by atoms with Crippen molar-refractivity contribution in [2.45, 2.75) is 82.0 Å². The first kappa shape index (κ1) is 44.8. The van der Waals surface area contributed by atoms with Gasteiger partial charge < -0.3 is 39.6 Å². The number of ether oxygens (including phenoxy) is 4. The van der Waals surface area contributed by atoms with Crippen molar-refractivity contribution in [1.29, 1.82) is 0 Å². The highest BCUT2D eigenvalue weighted by molar-refractivity contribution is 5.98. The first-order chi connectivity index (χ1) is 32.9. The van der Waals surface area contributed by atoms with Gasteiger partial charge in [0.1, 0.15) is 18.0 Å². The van der Waals surface area contributed by atoms with Gasteiger partial charge in [0.2, 0.25) is 0 Å². The molecule has 1 saturated carbocycles. The Hall–Kier alpha value is -7.04. The number of hydrogen-bond donors (Lipinski definition) is 4. The van der Waals surface area contributed by atoms with Gasteiger partial charge in [-0.05, 0) is 171 Å². The third kappa shape index (κ3) is 8.25. The third-order valence-corrected chi connectivity index (χ3v) is 15.1. The molecule has 3 aliphatic rings. The van der Waals surface area contributed by atoms with Crippen molar-refractivity contribution in [1.82, 2.24) is 5.32 Å². The maximum atomic E-state index is 14.5. The molecule has 10 heteroatoms. The van der Waals surface area contributed by atoms with E-state index in [1.165, 1.54) is 6.92 Å². The molecule has 0 bridgehead atoms. The summed E-state index contributed by atoms with van der Waals surface area (Å²) >= 11 is 0. The lowest BCUT2D eigenvalue weighted by atomic mass is 9.47. The third-order valence-electron chi connectivity index (χ3n) is 15.1. The van der Waals surface area contributed by atoms with Crippen molar-refractivity contribution < 1.29 is 43.9 Å². The average molecular weight is 912 g/mol. The average Bonchev–Trinajstić information content (AvgIpc) is 3.32. The Morgan fingerprint density at radius 1 is 0.706 bits per heavy atom. The van der Waals surface area contributed by atoms with E-state index in [0.29, 0.717) is 43.7 Å². The van der Waals surface area contributed by atoms with E-state index in [1.807, 2.05) is 73.8 Å². The summed E-state index contributed by atoms with van der Waals surface area (Å²) in [6.45, 7) is 2.14. The number of fused-ring (bicyclic) bond motifs is 8. The number of phenols is 3. The number of aryl methyl sites for hydroxylation is 1. The minimum Gasteiger partial charge on any atom is -0.508 e. The van der Waals surface area contributed by atoms with Crippen molar-refractivity contribution in [3.8, 4) is 39.9 Å². The monoisotopic (exact) mass is 911 g/mol. The van der Waals surface area contributed by atoms with Crippen molar-refractivity contribution in [2.75, 3.05) is 21.3 Å². The summed E-state index contributed by atoms with van der Waals surface area (Å²) in [5.41, 5.74) is 8.24. The van der Waals surface area contributed by atoms with Crippen molar-refractivity contribution in [3.05, 3.63) is 160 Å². The molecule has 0 radical (unpaired) electrons. The SMILES string of the molecule is CNCc1cccc(-c2cc(O)cc3ccc(CC(=O)O[C@@H]4C[C@@H](OC(C)=O)[C@H]5Cc6cc(OC)c(O)cc6C[C@]5(c5ccc6ccccc6c5)[C@H]5CCc6cc(O)c(OC)cc6[C@@H]5C4)cc23)c1. The number of hydrogen-bond acceptors (Lipinski definition) is 10. The van der Waals surface area contributed by atoms with Crippen molar-refractivity contribution >= 4 is 33.5 Å². The second-order valence-electron chi connectivity index (χ2n) is 19.0. The Labute approximate surface area is 396 Å². The van der Waals surface area contributed by atoms with Crippen LogP contribution in [0.5, 0.6) is 28.7 Å². The van der Waals surface area contributed by atoms with Gasteiger partial charge in [0.15, 0.2) is 23.0 Å². The van der Waals surface area contributed by atoms with Crippen LogP contribution in [0.3, 0.4) is 0 Å². The van der Waals surface area contributed by atoms with E-state index < -0.39 is 29.6 Å². The summed E-state index contributed by atoms with van der Waals surface area (Å²) in [5, 5.41) is 40.3. The van der Waals surface area contributed by atoms with Crippen LogP contribution in [-0.2, 0) is 56.7 Å². The van der Waals surface area contributed by atoms with E-state index >= 15 is 0 Å². The van der Waals surface area contributed by atoms with E-state index in [9.17, 15) is 24.9 Å². The minimum absolute atomic E-state index is 0.00171. The summed E-state index contributed by atoms with van der Waals surface area (Å²) in [7, 11) is 5.00. The molecule has 0 saturated heterocycles. The highest BCUT2D eigenvalue weighted by Gasteiger charge is 2.58. The summed E-state index contributed by atoms with van der Waals surface area (Å²) in [4.78, 5) is 27.9. The van der Waals surface area contributed by atoms with E-state index in [0.717, 1.165) is 78.0 Å². The number of benzene rings is 7. The van der Waals surface area contributed by atoms with E-state index in [4.69, 9.17) is 18.9 Å². The van der Waals surface area contributed by atoms with Crippen molar-refractivity contribution in [2.24, 2.45) is 11.8 Å². The number of carbonyl (C=O) groups is 2. The first-order valence-corrected chi connectivity index (χ1v) is 23.6. The van der Waals surface area contributed by atoms with Crippen LogP contribution < -0.4 is 14.8 Å². The molecule has 0 amide bonds. The molecule has 0 aromatic heterocycles. The number of methoxy groups -OCH3 is 2. The summed E-state index contributed by atoms with van der Waals surface area (Å²) < 4.78 is 24.6. The van der Waals surface area contributed by atoms with Crippen LogP contribution in [0.2, 0.25) is 0 Å². The van der Waals surface area contributed by atoms with Gasteiger partial charge in [-0.2, -0.15) is 0 Å². The predicted molar refractivity (Wildman–Crippen MR) is 263 cm³/mol. The molecule has 3 aliphatic carbocycles. The Balaban J connectivity index is 1.09. The second-order valence-corrected chi connectivity index (χ2v) is 19.0. The van der Waals surface area contributed by atoms with Crippen molar-refractivity contribution in [3.63, 3.8) is 0 Å². The maximum absolute atomic E-state index is 14.5. The molecule has 1 fully saturated rings. The van der Waals surface area contributed by atoms with Gasteiger partial charge in [0, 0.05) is 31.2 Å². The maximum Gasteiger partial charge on any atom is 0.310 e. The van der Waals surface area contributed by atoms with Gasteiger partial charge in [-0.15, -0.1) is 0 Å². The molecule has 68 heavy (non-hydrogen) atoms. The van der Waals surface area contributed by atoms with Gasteiger partial charge in [-0.1, -0.05) is 72.8 Å². The van der Waals surface area contributed by atoms with E-state index in [-0.39, 0.29) is 47.8 Å². The fourth-order valence-corrected chi connectivity index (χ4v) is 12.3. The molecule has 0 unspecified atom stereocenters. The molecule has 0 spiro atoms. The smallest absolute Gasteiger partial charge is 0.310 e. The number of aromatic hydroxyl groups is 3. The molecule has 10 nitrogen and oxygen atoms in total. The minimum atomic E-state index is -0.656. The number of esters is 2. The van der Waals surface area contributed by atoms with Gasteiger partial charge in [0.05, 0.1) is 20.6 Å². The summed E-state index contributed by atoms with van der Waals surface area (Å²) in [6.07, 6.45) is 1.87. The molecule has 7 aromatic rings. The fourth-order valence-electron chi connectivity index (χ4n) is 12.3. The van der Waals surface area contributed by atoms with Gasteiger partial charge in [-0.3, -0.25) is 9.59 Å². The van der Waals surface area contributed by atoms with Crippen LogP contribution in [0.15, 0.2) is 121 Å². The summed E-state index contributed by atoms with van der Waals surface area (Å²) in [5.74, 6) is -0.312. The topological polar surface area (TPSA) is 144 Å². The normalized spacial score (nSPS) is 21.9. The van der Waals surface area contributed by atoms with Crippen LogP contribution in [0.25, 0.3) is 32.7 Å². The zero-order valence-electron chi connectivity index (χ0n) is 38.9. The van der Waals surface area contributed by atoms with Crippen LogP contribution in [0.1, 0.15) is 71.0 Å². The van der Waals surface area contributed by atoms with Crippen LogP contribution >= 0.6 is 0 Å². The predicted octanol–water partition coefficient (Wildman–Crippen LogP) is 10.4. The molecule has 7 aromatic carbocycles. The van der Waals surface area contributed by atoms with Crippen LogP contribution in [0, 0.1) is 11.8 Å². The fraction of sp³-hybridized carbons (Fsp3) is 0.310. The quantitative estimate of drug-likeness (QED) is 0.0979. The zero-order valence-corrected chi connectivity index (χ0v) is 38.9. The highest BCUT2D eigenvalue weighted by atomic mass is 16.6. The number of nitrogens with one attached hydrogen (secondary N) is 1. The summed E-state index contributed by atoms with van der Waals surface area (Å²) in [6, 6.07) is 40.1. The Morgan fingerprint density at radius 2 is 1.47 bits per heavy atom. The number of rotatable bonds is 10. The van der Waals surface area contributed by atoms with E-state index in [2.05, 4.69) is 47.8 Å². The number of carbonyl (C=O) groups excluding carboxylic acids is 2. The zero-order chi connectivity index (χ0) is 47.3. The van der Waals surface area contributed by atoms with E-state index in [1.54, 1.807) is 26.4 Å². The standard InChI is InChI=1S/C58H57NO9/c1-33(60)67-54-29-45(68-57(64)20-34-12-13-39-22-44(61)27-47(46(39)19-34)38-11-7-8-35(18-38)32-59-2)28-49-48-30-56(66-4)52(62)24-40(48)15-17-50(49)58(43-16-14-36-9-5-6-10-37(36)21-43)31-42-25-53(63)55(65-3)26-41(42)23-51(54)58/h5-14,16,18-19,21-22,24-27,30,45,49-51,54,59,61-63H,15,17,20,23,28-29,31-32H2,1-4H3/t45-,49-,50-,51+,54+,58-/m0/s1. The van der Waals surface area contributed by atoms with Gasteiger partial charge >= 0.3 is 11.9 Å². The Bertz CT molecular complexity index is 3090. The lowest BCUT2D eigenvalue weighted by Crippen LogP contribution is -2.57. The Kier molecular flexibility index (Phi) is 12.0. The lowest BCUT2D eigenvalue weighted by Gasteiger charge is -2.57. The lowest BCUT2D eigenvalue weighted by molar-refractivity contribution is -0.162. The van der Waals surface area contributed by atoms with Crippen LogP contribution in [0.4, 0.5) is 0 Å². The molecule has 10 rings (SSSR count). The number of phenolic OH excluding ortho intramolecular Hbond substituents is 3. The first-order valence-electron chi connectivity index (χ1n) is 23.6. The van der Waals surface area contributed by atoms with Gasteiger partial charge in [-0.25, -0.2) is 0 Å². The molecule has 6 atom stereocenters. The van der Waals surface area contributed by atoms with Crippen LogP contribution in [-0.4, -0.2) is 60.7 Å². The molecule has 348 valence electrons. The molecular weight excluding hydrogens is 855 g/mol. The molecule has 0 aliphatic heterocycles.